The van der Waals surface area contributed by atoms with Gasteiger partial charge in [0.2, 0.25) is 5.92 Å². The number of guanidine groups is 1. The van der Waals surface area contributed by atoms with Crippen LogP contribution >= 0.6 is 24.0 Å². The number of ether oxygens (including phenoxy) is 2. The molecule has 0 bridgehead atoms. The minimum Gasteiger partial charge on any atom is -0.490 e. The summed E-state index contributed by atoms with van der Waals surface area (Å²) in [6, 6.07) is 5.41. The van der Waals surface area contributed by atoms with E-state index < -0.39 is 5.92 Å². The number of hydrogen-bond acceptors (Lipinski definition) is 3. The zero-order valence-corrected chi connectivity index (χ0v) is 14.9. The first-order valence-electron chi connectivity index (χ1n) is 7.36. The molecule has 1 fully saturated rings. The molecular weight excluding hydrogens is 419 g/mol. The molecule has 1 heterocycles. The van der Waals surface area contributed by atoms with Crippen molar-refractivity contribution in [3.05, 3.63) is 18.2 Å². The molecule has 0 aromatic heterocycles. The number of alkyl halides is 2. The molecule has 128 valence electrons. The highest BCUT2D eigenvalue weighted by atomic mass is 127. The van der Waals surface area contributed by atoms with Crippen LogP contribution in [0.4, 0.5) is 14.5 Å². The van der Waals surface area contributed by atoms with Crippen molar-refractivity contribution in [2.45, 2.75) is 25.2 Å². The van der Waals surface area contributed by atoms with Crippen LogP contribution in [-0.2, 0) is 0 Å². The Kier molecular flexibility index (Phi) is 5.88. The number of nitrogens with one attached hydrogen (secondary N) is 1. The van der Waals surface area contributed by atoms with Crippen LogP contribution in [0.2, 0.25) is 0 Å². The molecule has 5 nitrogen and oxygen atoms in total. The second kappa shape index (κ2) is 7.50. The molecule has 0 amide bonds. The molecule has 1 aliphatic heterocycles. The molecule has 2 aliphatic rings. The fourth-order valence-corrected chi connectivity index (χ4v) is 2.57. The fraction of sp³-hybridized carbons (Fsp3) is 0.533. The minimum atomic E-state index is -2.52. The van der Waals surface area contributed by atoms with Crippen LogP contribution in [0.1, 0.15) is 19.3 Å². The van der Waals surface area contributed by atoms with Crippen LogP contribution in [0.25, 0.3) is 0 Å². The van der Waals surface area contributed by atoms with Gasteiger partial charge in [0, 0.05) is 37.6 Å². The lowest BCUT2D eigenvalue weighted by Crippen LogP contribution is -2.37. The van der Waals surface area contributed by atoms with Crippen LogP contribution in [0, 0.1) is 5.92 Å². The third-order valence-corrected chi connectivity index (χ3v) is 3.71. The SMILES string of the molecule is I.NC(=NCC1CC(F)(F)C1)Nc1ccc2c(c1)OCCCO2. The molecule has 0 atom stereocenters. The van der Waals surface area contributed by atoms with E-state index in [1.54, 1.807) is 6.07 Å². The maximum Gasteiger partial charge on any atom is 0.248 e. The summed E-state index contributed by atoms with van der Waals surface area (Å²) in [7, 11) is 0. The Balaban J connectivity index is 0.00000192. The predicted molar refractivity (Wildman–Crippen MR) is 95.2 cm³/mol. The van der Waals surface area contributed by atoms with Gasteiger partial charge in [0.1, 0.15) is 0 Å². The number of anilines is 1. The van der Waals surface area contributed by atoms with E-state index in [0.717, 1.165) is 12.1 Å². The first kappa shape index (κ1) is 18.0. The Morgan fingerprint density at radius 1 is 1.26 bits per heavy atom. The van der Waals surface area contributed by atoms with Crippen molar-refractivity contribution in [3.8, 4) is 11.5 Å². The maximum atomic E-state index is 12.7. The Hall–Kier alpha value is -1.32. The number of rotatable bonds is 3. The lowest BCUT2D eigenvalue weighted by molar-refractivity contribution is -0.107. The molecule has 0 saturated heterocycles. The van der Waals surface area contributed by atoms with Crippen LogP contribution in [0.3, 0.4) is 0 Å². The monoisotopic (exact) mass is 439 g/mol. The van der Waals surface area contributed by atoms with Gasteiger partial charge in [-0.05, 0) is 18.1 Å². The van der Waals surface area contributed by atoms with Crippen molar-refractivity contribution >= 4 is 35.6 Å². The van der Waals surface area contributed by atoms with E-state index in [-0.39, 0.29) is 48.7 Å². The molecule has 0 unspecified atom stereocenters. The molecule has 1 aromatic rings. The summed E-state index contributed by atoms with van der Waals surface area (Å²) in [4.78, 5) is 4.12. The van der Waals surface area contributed by atoms with Crippen molar-refractivity contribution < 1.29 is 18.3 Å². The maximum absolute atomic E-state index is 12.7. The van der Waals surface area contributed by atoms with Crippen molar-refractivity contribution in [2.75, 3.05) is 25.1 Å². The highest BCUT2D eigenvalue weighted by Gasteiger charge is 2.44. The van der Waals surface area contributed by atoms with Gasteiger partial charge in [-0.2, -0.15) is 0 Å². The number of halogens is 3. The lowest BCUT2D eigenvalue weighted by Gasteiger charge is -2.33. The summed E-state index contributed by atoms with van der Waals surface area (Å²) < 4.78 is 36.6. The van der Waals surface area contributed by atoms with E-state index in [9.17, 15) is 8.78 Å². The number of hydrogen-bond donors (Lipinski definition) is 2. The van der Waals surface area contributed by atoms with Crippen molar-refractivity contribution in [2.24, 2.45) is 16.6 Å². The second-order valence-electron chi connectivity index (χ2n) is 5.69. The van der Waals surface area contributed by atoms with Crippen molar-refractivity contribution in [3.63, 3.8) is 0 Å². The molecule has 3 N–H and O–H groups in total. The van der Waals surface area contributed by atoms with Gasteiger partial charge in [0.05, 0.1) is 13.2 Å². The summed E-state index contributed by atoms with van der Waals surface area (Å²) in [6.45, 7) is 1.56. The first-order valence-corrected chi connectivity index (χ1v) is 7.36. The number of aliphatic imine (C=N–C) groups is 1. The molecule has 1 aromatic carbocycles. The highest BCUT2D eigenvalue weighted by molar-refractivity contribution is 14.0. The van der Waals surface area contributed by atoms with E-state index >= 15 is 0 Å². The van der Waals surface area contributed by atoms with Gasteiger partial charge in [-0.25, -0.2) is 8.78 Å². The first-order chi connectivity index (χ1) is 10.5. The van der Waals surface area contributed by atoms with Gasteiger partial charge in [-0.1, -0.05) is 0 Å². The van der Waals surface area contributed by atoms with E-state index in [1.807, 2.05) is 12.1 Å². The molecule has 23 heavy (non-hydrogen) atoms. The lowest BCUT2D eigenvalue weighted by atomic mass is 9.81. The zero-order valence-electron chi connectivity index (χ0n) is 12.6. The molecule has 0 radical (unpaired) electrons. The molecular formula is C15H20F2IN3O2. The largest absolute Gasteiger partial charge is 0.490 e. The Morgan fingerprint density at radius 2 is 1.96 bits per heavy atom. The van der Waals surface area contributed by atoms with Gasteiger partial charge >= 0.3 is 0 Å². The Bertz CT molecular complexity index is 576. The van der Waals surface area contributed by atoms with E-state index in [0.29, 0.717) is 31.3 Å². The second-order valence-corrected chi connectivity index (χ2v) is 5.69. The molecule has 0 spiro atoms. The summed E-state index contributed by atoms with van der Waals surface area (Å²) in [5.74, 6) is -1.02. The van der Waals surface area contributed by atoms with E-state index in [2.05, 4.69) is 10.3 Å². The number of nitrogens with two attached hydrogens (primary N) is 1. The summed E-state index contributed by atoms with van der Waals surface area (Å²) in [6.07, 6.45) is 0.634. The smallest absolute Gasteiger partial charge is 0.248 e. The van der Waals surface area contributed by atoms with Gasteiger partial charge in [0.25, 0.3) is 0 Å². The van der Waals surface area contributed by atoms with Gasteiger partial charge < -0.3 is 20.5 Å². The number of nitrogens with zero attached hydrogens (tertiary/aromatic N) is 1. The van der Waals surface area contributed by atoms with E-state index in [1.165, 1.54) is 0 Å². The zero-order chi connectivity index (χ0) is 15.6. The Morgan fingerprint density at radius 3 is 2.65 bits per heavy atom. The van der Waals surface area contributed by atoms with E-state index in [4.69, 9.17) is 15.2 Å². The highest BCUT2D eigenvalue weighted by Crippen LogP contribution is 2.42. The average Bonchev–Trinajstić information content (AvgIpc) is 2.67. The quantitative estimate of drug-likeness (QED) is 0.431. The number of benzene rings is 1. The third kappa shape index (κ3) is 4.82. The minimum absolute atomic E-state index is 0. The van der Waals surface area contributed by atoms with Crippen LogP contribution < -0.4 is 20.5 Å². The molecule has 1 saturated carbocycles. The van der Waals surface area contributed by atoms with Gasteiger partial charge in [-0.3, -0.25) is 4.99 Å². The summed E-state index contributed by atoms with van der Waals surface area (Å²) in [5, 5.41) is 2.94. The molecule has 1 aliphatic carbocycles. The Labute approximate surface area is 150 Å². The third-order valence-electron chi connectivity index (χ3n) is 3.71. The topological polar surface area (TPSA) is 68.9 Å². The number of fused-ring (bicyclic) bond motifs is 1. The van der Waals surface area contributed by atoms with Crippen LogP contribution in [-0.4, -0.2) is 31.6 Å². The summed E-state index contributed by atoms with van der Waals surface area (Å²) in [5.41, 5.74) is 6.51. The summed E-state index contributed by atoms with van der Waals surface area (Å²) >= 11 is 0. The molecule has 8 heteroatoms. The van der Waals surface area contributed by atoms with Crippen molar-refractivity contribution in [1.82, 2.24) is 0 Å². The molecule has 3 rings (SSSR count). The predicted octanol–water partition coefficient (Wildman–Crippen LogP) is 3.24. The van der Waals surface area contributed by atoms with Crippen LogP contribution in [0.15, 0.2) is 23.2 Å². The normalized spacial score (nSPS) is 20.0. The van der Waals surface area contributed by atoms with Crippen LogP contribution in [0.5, 0.6) is 11.5 Å². The van der Waals surface area contributed by atoms with Gasteiger partial charge in [0.15, 0.2) is 17.5 Å². The standard InChI is InChI=1S/C15H19F2N3O2.HI/c16-15(17)7-10(8-15)9-19-14(18)20-11-2-3-12-13(6-11)22-5-1-4-21-12;/h2-3,6,10H,1,4-5,7-9H2,(H3,18,19,20);1H. The average molecular weight is 439 g/mol. The van der Waals surface area contributed by atoms with Crippen molar-refractivity contribution in [1.29, 1.82) is 0 Å². The fourth-order valence-electron chi connectivity index (χ4n) is 2.57. The van der Waals surface area contributed by atoms with Gasteiger partial charge in [-0.15, -0.1) is 24.0 Å².